The molecule has 0 bridgehead atoms. The molecular formula is C16H12FN. The first kappa shape index (κ1) is 10.8. The fourth-order valence-electron chi connectivity index (χ4n) is 2.26. The van der Waals surface area contributed by atoms with E-state index in [-0.39, 0.29) is 5.82 Å². The van der Waals surface area contributed by atoms with Crippen LogP contribution in [-0.4, -0.2) is 0 Å². The molecule has 88 valence electrons. The number of rotatable bonds is 1. The van der Waals surface area contributed by atoms with Gasteiger partial charge >= 0.3 is 0 Å². The van der Waals surface area contributed by atoms with E-state index in [0.29, 0.717) is 11.1 Å². The number of halogens is 1. The summed E-state index contributed by atoms with van der Waals surface area (Å²) < 4.78 is 13.8. The first-order valence-electron chi connectivity index (χ1n) is 5.79. The van der Waals surface area contributed by atoms with Crippen LogP contribution in [0, 0.1) is 5.82 Å². The monoisotopic (exact) mass is 237 g/mol. The van der Waals surface area contributed by atoms with E-state index in [4.69, 9.17) is 5.73 Å². The highest BCUT2D eigenvalue weighted by Gasteiger charge is 2.09. The Kier molecular flexibility index (Phi) is 2.49. The minimum absolute atomic E-state index is 0.218. The number of hydrogen-bond donors (Lipinski definition) is 1. The van der Waals surface area contributed by atoms with E-state index in [9.17, 15) is 4.39 Å². The maximum Gasteiger partial charge on any atom is 0.131 e. The molecule has 3 aromatic rings. The third-order valence-electron chi connectivity index (χ3n) is 3.10. The lowest BCUT2D eigenvalue weighted by Gasteiger charge is -2.10. The van der Waals surface area contributed by atoms with Crippen LogP contribution < -0.4 is 5.73 Å². The number of nitrogen functional groups attached to an aromatic ring is 1. The van der Waals surface area contributed by atoms with Gasteiger partial charge in [0, 0.05) is 16.6 Å². The molecule has 0 amide bonds. The third-order valence-corrected chi connectivity index (χ3v) is 3.10. The molecule has 0 spiro atoms. The summed E-state index contributed by atoms with van der Waals surface area (Å²) in [6, 6.07) is 18.4. The van der Waals surface area contributed by atoms with Gasteiger partial charge in [-0.15, -0.1) is 0 Å². The fourth-order valence-corrected chi connectivity index (χ4v) is 2.26. The van der Waals surface area contributed by atoms with Gasteiger partial charge in [0.15, 0.2) is 0 Å². The first-order valence-corrected chi connectivity index (χ1v) is 5.79. The van der Waals surface area contributed by atoms with Gasteiger partial charge in [-0.3, -0.25) is 0 Å². The minimum Gasteiger partial charge on any atom is -0.398 e. The predicted molar refractivity (Wildman–Crippen MR) is 73.8 cm³/mol. The van der Waals surface area contributed by atoms with Gasteiger partial charge in [0.25, 0.3) is 0 Å². The van der Waals surface area contributed by atoms with Gasteiger partial charge in [-0.1, -0.05) is 42.5 Å². The summed E-state index contributed by atoms with van der Waals surface area (Å²) in [7, 11) is 0. The molecule has 0 aliphatic carbocycles. The van der Waals surface area contributed by atoms with Crippen LogP contribution in [-0.2, 0) is 0 Å². The molecule has 0 aliphatic heterocycles. The van der Waals surface area contributed by atoms with Gasteiger partial charge in [0.1, 0.15) is 5.82 Å². The van der Waals surface area contributed by atoms with E-state index in [0.717, 1.165) is 16.5 Å². The molecule has 0 radical (unpaired) electrons. The molecule has 2 heteroatoms. The zero-order valence-electron chi connectivity index (χ0n) is 9.73. The molecular weight excluding hydrogens is 225 g/mol. The normalized spacial score (nSPS) is 10.7. The van der Waals surface area contributed by atoms with Crippen molar-refractivity contribution in [2.24, 2.45) is 0 Å². The van der Waals surface area contributed by atoms with Gasteiger partial charge in [-0.2, -0.15) is 0 Å². The van der Waals surface area contributed by atoms with Gasteiger partial charge in [0.2, 0.25) is 0 Å². The lowest BCUT2D eigenvalue weighted by molar-refractivity contribution is 0.640. The Balaban J connectivity index is 2.41. The van der Waals surface area contributed by atoms with Crippen molar-refractivity contribution in [3.8, 4) is 11.1 Å². The molecule has 0 saturated carbocycles. The van der Waals surface area contributed by atoms with Gasteiger partial charge in [-0.25, -0.2) is 4.39 Å². The molecule has 2 N–H and O–H groups in total. The molecule has 1 nitrogen and oxygen atoms in total. The molecule has 0 unspecified atom stereocenters. The van der Waals surface area contributed by atoms with Gasteiger partial charge < -0.3 is 5.73 Å². The van der Waals surface area contributed by atoms with Crippen LogP contribution >= 0.6 is 0 Å². The van der Waals surface area contributed by atoms with Crippen molar-refractivity contribution in [3.05, 3.63) is 66.5 Å². The Hall–Kier alpha value is -2.35. The molecule has 18 heavy (non-hydrogen) atoms. The quantitative estimate of drug-likeness (QED) is 0.630. The average Bonchev–Trinajstić information content (AvgIpc) is 2.40. The zero-order valence-corrected chi connectivity index (χ0v) is 9.73. The van der Waals surface area contributed by atoms with E-state index >= 15 is 0 Å². The summed E-state index contributed by atoms with van der Waals surface area (Å²) in [6.07, 6.45) is 0. The Morgan fingerprint density at radius 1 is 0.722 bits per heavy atom. The number of benzene rings is 3. The van der Waals surface area contributed by atoms with Crippen LogP contribution in [0.5, 0.6) is 0 Å². The molecule has 0 atom stereocenters. The fraction of sp³-hybridized carbons (Fsp3) is 0. The van der Waals surface area contributed by atoms with Crippen LogP contribution in [0.3, 0.4) is 0 Å². The van der Waals surface area contributed by atoms with E-state index < -0.39 is 0 Å². The highest BCUT2D eigenvalue weighted by molar-refractivity contribution is 6.02. The third kappa shape index (κ3) is 1.63. The van der Waals surface area contributed by atoms with E-state index in [1.807, 2.05) is 36.4 Å². The van der Waals surface area contributed by atoms with Gasteiger partial charge in [-0.05, 0) is 29.1 Å². The first-order chi connectivity index (χ1) is 8.77. The number of anilines is 1. The molecule has 0 fully saturated rings. The number of fused-ring (bicyclic) bond motifs is 1. The number of nitrogens with two attached hydrogens (primary N) is 1. The molecule has 0 aromatic heterocycles. The lowest BCUT2D eigenvalue weighted by atomic mass is 9.96. The highest BCUT2D eigenvalue weighted by Crippen LogP contribution is 2.34. The van der Waals surface area contributed by atoms with Crippen molar-refractivity contribution in [2.45, 2.75) is 0 Å². The second-order valence-electron chi connectivity index (χ2n) is 4.23. The molecule has 3 aromatic carbocycles. The maximum atomic E-state index is 13.8. The zero-order chi connectivity index (χ0) is 12.5. The summed E-state index contributed by atoms with van der Waals surface area (Å²) in [6.45, 7) is 0. The predicted octanol–water partition coefficient (Wildman–Crippen LogP) is 4.23. The second-order valence-corrected chi connectivity index (χ2v) is 4.23. The lowest BCUT2D eigenvalue weighted by Crippen LogP contribution is -1.92. The van der Waals surface area contributed by atoms with Crippen molar-refractivity contribution < 1.29 is 4.39 Å². The maximum absolute atomic E-state index is 13.8. The van der Waals surface area contributed by atoms with Crippen molar-refractivity contribution in [1.29, 1.82) is 0 Å². The Labute approximate surface area is 105 Å². The summed E-state index contributed by atoms with van der Waals surface area (Å²) in [4.78, 5) is 0. The van der Waals surface area contributed by atoms with Crippen molar-refractivity contribution >= 4 is 16.5 Å². The summed E-state index contributed by atoms with van der Waals surface area (Å²) >= 11 is 0. The Morgan fingerprint density at radius 2 is 1.50 bits per heavy atom. The molecule has 0 heterocycles. The van der Waals surface area contributed by atoms with E-state index in [2.05, 4.69) is 0 Å². The Bertz CT molecular complexity index is 705. The van der Waals surface area contributed by atoms with Crippen molar-refractivity contribution in [2.75, 3.05) is 5.73 Å². The van der Waals surface area contributed by atoms with Crippen LogP contribution in [0.25, 0.3) is 21.9 Å². The van der Waals surface area contributed by atoms with Gasteiger partial charge in [0.05, 0.1) is 0 Å². The SMILES string of the molecule is Nc1ccc2c(F)cccc2c1-c1ccccc1. The van der Waals surface area contributed by atoms with Crippen LogP contribution in [0.15, 0.2) is 60.7 Å². The van der Waals surface area contributed by atoms with Crippen molar-refractivity contribution in [3.63, 3.8) is 0 Å². The average molecular weight is 237 g/mol. The van der Waals surface area contributed by atoms with Crippen LogP contribution in [0.2, 0.25) is 0 Å². The molecule has 0 saturated heterocycles. The molecule has 3 rings (SSSR count). The summed E-state index contributed by atoms with van der Waals surface area (Å²) in [5.74, 6) is -0.218. The molecule has 0 aliphatic rings. The summed E-state index contributed by atoms with van der Waals surface area (Å²) in [5.41, 5.74) is 8.61. The number of hydrogen-bond acceptors (Lipinski definition) is 1. The smallest absolute Gasteiger partial charge is 0.131 e. The summed E-state index contributed by atoms with van der Waals surface area (Å²) in [5, 5.41) is 1.45. The largest absolute Gasteiger partial charge is 0.398 e. The topological polar surface area (TPSA) is 26.0 Å². The van der Waals surface area contributed by atoms with E-state index in [1.54, 1.807) is 18.2 Å². The second kappa shape index (κ2) is 4.15. The van der Waals surface area contributed by atoms with Crippen LogP contribution in [0.1, 0.15) is 0 Å². The minimum atomic E-state index is -0.218. The Morgan fingerprint density at radius 3 is 2.28 bits per heavy atom. The van der Waals surface area contributed by atoms with Crippen LogP contribution in [0.4, 0.5) is 10.1 Å². The van der Waals surface area contributed by atoms with E-state index in [1.165, 1.54) is 6.07 Å². The van der Waals surface area contributed by atoms with Crippen molar-refractivity contribution in [1.82, 2.24) is 0 Å². The highest BCUT2D eigenvalue weighted by atomic mass is 19.1. The standard InChI is InChI=1S/C16H12FN/c17-14-8-4-7-13-12(14)9-10-15(18)16(13)11-5-2-1-3-6-11/h1-10H,18H2.